The lowest BCUT2D eigenvalue weighted by Gasteiger charge is -2.36. The molecule has 26 heavy (non-hydrogen) atoms. The van der Waals surface area contributed by atoms with Crippen molar-refractivity contribution in [2.45, 2.75) is 19.9 Å². The SMILES string of the molecule is COc1ccccc1N1CCN(C(=O)c2cncc(NC(C)C)c2)CC1. The van der Waals surface area contributed by atoms with Gasteiger partial charge < -0.3 is 19.9 Å². The number of methoxy groups -OCH3 is 1. The number of ether oxygens (including phenoxy) is 1. The number of piperazine rings is 1. The van der Waals surface area contributed by atoms with Crippen LogP contribution in [0.3, 0.4) is 0 Å². The zero-order valence-electron chi connectivity index (χ0n) is 15.6. The maximum Gasteiger partial charge on any atom is 0.255 e. The molecule has 2 heterocycles. The first-order chi connectivity index (χ1) is 12.6. The number of amides is 1. The molecule has 6 heteroatoms. The van der Waals surface area contributed by atoms with Crippen LogP contribution in [0.25, 0.3) is 0 Å². The second-order valence-corrected chi connectivity index (χ2v) is 6.71. The van der Waals surface area contributed by atoms with Gasteiger partial charge in [0.25, 0.3) is 5.91 Å². The van der Waals surface area contributed by atoms with Crippen molar-refractivity contribution in [1.29, 1.82) is 0 Å². The highest BCUT2D eigenvalue weighted by Gasteiger charge is 2.24. The normalized spacial score (nSPS) is 14.5. The predicted molar refractivity (Wildman–Crippen MR) is 104 cm³/mol. The predicted octanol–water partition coefficient (Wildman–Crippen LogP) is 2.87. The van der Waals surface area contributed by atoms with E-state index in [9.17, 15) is 4.79 Å². The highest BCUT2D eigenvalue weighted by molar-refractivity contribution is 5.95. The molecular formula is C20H26N4O2. The van der Waals surface area contributed by atoms with E-state index in [2.05, 4.69) is 35.1 Å². The summed E-state index contributed by atoms with van der Waals surface area (Å²) in [5.41, 5.74) is 2.58. The van der Waals surface area contributed by atoms with E-state index >= 15 is 0 Å². The van der Waals surface area contributed by atoms with Crippen molar-refractivity contribution in [3.05, 3.63) is 48.3 Å². The largest absolute Gasteiger partial charge is 0.495 e. The van der Waals surface area contributed by atoms with Gasteiger partial charge >= 0.3 is 0 Å². The summed E-state index contributed by atoms with van der Waals surface area (Å²) in [6.07, 6.45) is 3.39. The third-order valence-electron chi connectivity index (χ3n) is 4.43. The Morgan fingerprint density at radius 3 is 2.58 bits per heavy atom. The smallest absolute Gasteiger partial charge is 0.255 e. The highest BCUT2D eigenvalue weighted by Crippen LogP contribution is 2.28. The van der Waals surface area contributed by atoms with Crippen molar-refractivity contribution >= 4 is 17.3 Å². The van der Waals surface area contributed by atoms with Crippen LogP contribution in [0, 0.1) is 0 Å². The number of para-hydroxylation sites is 2. The average molecular weight is 354 g/mol. The Balaban J connectivity index is 1.65. The summed E-state index contributed by atoms with van der Waals surface area (Å²) in [4.78, 5) is 21.2. The van der Waals surface area contributed by atoms with Crippen LogP contribution < -0.4 is 15.0 Å². The van der Waals surface area contributed by atoms with Crippen molar-refractivity contribution < 1.29 is 9.53 Å². The molecule has 0 saturated carbocycles. The van der Waals surface area contributed by atoms with Gasteiger partial charge in [-0.15, -0.1) is 0 Å². The molecule has 1 amide bonds. The van der Waals surface area contributed by atoms with Gasteiger partial charge in [-0.05, 0) is 32.0 Å². The van der Waals surface area contributed by atoms with Gasteiger partial charge in [0.2, 0.25) is 0 Å². The number of rotatable bonds is 5. The van der Waals surface area contributed by atoms with Gasteiger partial charge in [0.15, 0.2) is 0 Å². The molecule has 6 nitrogen and oxygen atoms in total. The standard InChI is InChI=1S/C20H26N4O2/c1-15(2)22-17-12-16(13-21-14-17)20(25)24-10-8-23(9-11-24)18-6-4-5-7-19(18)26-3/h4-7,12-15,22H,8-11H2,1-3H3. The number of hydrogen-bond acceptors (Lipinski definition) is 5. The van der Waals surface area contributed by atoms with Crippen LogP contribution in [0.4, 0.5) is 11.4 Å². The van der Waals surface area contributed by atoms with Crippen LogP contribution in [0.15, 0.2) is 42.7 Å². The monoisotopic (exact) mass is 354 g/mol. The quantitative estimate of drug-likeness (QED) is 0.895. The van der Waals surface area contributed by atoms with Gasteiger partial charge in [0.05, 0.1) is 24.0 Å². The van der Waals surface area contributed by atoms with Gasteiger partial charge in [-0.2, -0.15) is 0 Å². The van der Waals surface area contributed by atoms with E-state index in [1.807, 2.05) is 29.2 Å². The number of anilines is 2. The van der Waals surface area contributed by atoms with Gasteiger partial charge in [-0.25, -0.2) is 0 Å². The fourth-order valence-electron chi connectivity index (χ4n) is 3.19. The molecule has 1 fully saturated rings. The summed E-state index contributed by atoms with van der Waals surface area (Å²) in [5, 5.41) is 3.29. The molecule has 0 spiro atoms. The van der Waals surface area contributed by atoms with E-state index in [0.717, 1.165) is 30.2 Å². The summed E-state index contributed by atoms with van der Waals surface area (Å²) in [6.45, 7) is 7.04. The van der Waals surface area contributed by atoms with Crippen LogP contribution in [0.5, 0.6) is 5.75 Å². The summed E-state index contributed by atoms with van der Waals surface area (Å²) < 4.78 is 5.45. The lowest BCUT2D eigenvalue weighted by Crippen LogP contribution is -2.48. The van der Waals surface area contributed by atoms with E-state index in [1.54, 1.807) is 19.5 Å². The summed E-state index contributed by atoms with van der Waals surface area (Å²) >= 11 is 0. The minimum atomic E-state index is 0.0320. The van der Waals surface area contributed by atoms with Gasteiger partial charge in [-0.1, -0.05) is 12.1 Å². The van der Waals surface area contributed by atoms with E-state index in [0.29, 0.717) is 24.7 Å². The Bertz CT molecular complexity index is 755. The summed E-state index contributed by atoms with van der Waals surface area (Å²) in [5.74, 6) is 0.897. The topological polar surface area (TPSA) is 57.7 Å². The van der Waals surface area contributed by atoms with Crippen molar-refractivity contribution in [2.24, 2.45) is 0 Å². The molecule has 1 aliphatic heterocycles. The first-order valence-electron chi connectivity index (χ1n) is 8.97. The molecule has 2 aromatic rings. The van der Waals surface area contributed by atoms with Crippen LogP contribution in [0.1, 0.15) is 24.2 Å². The number of nitrogens with one attached hydrogen (secondary N) is 1. The minimum absolute atomic E-state index is 0.0320. The second-order valence-electron chi connectivity index (χ2n) is 6.71. The average Bonchev–Trinajstić information content (AvgIpc) is 2.67. The second kappa shape index (κ2) is 8.08. The molecule has 0 atom stereocenters. The summed E-state index contributed by atoms with van der Waals surface area (Å²) in [6, 6.07) is 10.2. The third-order valence-corrected chi connectivity index (χ3v) is 4.43. The maximum absolute atomic E-state index is 12.8. The first kappa shape index (κ1) is 18.0. The minimum Gasteiger partial charge on any atom is -0.495 e. The molecule has 1 aromatic carbocycles. The molecule has 0 aliphatic carbocycles. The lowest BCUT2D eigenvalue weighted by molar-refractivity contribution is 0.0746. The van der Waals surface area contributed by atoms with Crippen LogP contribution in [-0.4, -0.2) is 55.1 Å². The van der Waals surface area contributed by atoms with Crippen molar-refractivity contribution in [3.8, 4) is 5.75 Å². The third kappa shape index (κ3) is 4.07. The number of hydrogen-bond donors (Lipinski definition) is 1. The highest BCUT2D eigenvalue weighted by atomic mass is 16.5. The van der Waals surface area contributed by atoms with E-state index in [4.69, 9.17) is 4.74 Å². The number of benzene rings is 1. The van der Waals surface area contributed by atoms with Crippen LogP contribution in [-0.2, 0) is 0 Å². The van der Waals surface area contributed by atoms with Gasteiger partial charge in [-0.3, -0.25) is 9.78 Å². The molecule has 1 aliphatic rings. The first-order valence-corrected chi connectivity index (χ1v) is 8.97. The molecule has 1 aromatic heterocycles. The fraction of sp³-hybridized carbons (Fsp3) is 0.400. The Morgan fingerprint density at radius 1 is 1.15 bits per heavy atom. The molecular weight excluding hydrogens is 328 g/mol. The molecule has 3 rings (SSSR count). The van der Waals surface area contributed by atoms with E-state index in [1.165, 1.54) is 0 Å². The van der Waals surface area contributed by atoms with Crippen LogP contribution >= 0.6 is 0 Å². The van der Waals surface area contributed by atoms with Crippen molar-refractivity contribution in [2.75, 3.05) is 43.5 Å². The summed E-state index contributed by atoms with van der Waals surface area (Å²) in [7, 11) is 1.68. The Labute approximate surface area is 154 Å². The Morgan fingerprint density at radius 2 is 1.88 bits per heavy atom. The number of carbonyl (C=O) groups excluding carboxylic acids is 1. The fourth-order valence-corrected chi connectivity index (χ4v) is 3.19. The zero-order valence-corrected chi connectivity index (χ0v) is 15.6. The number of carbonyl (C=O) groups is 1. The molecule has 0 unspecified atom stereocenters. The van der Waals surface area contributed by atoms with Crippen molar-refractivity contribution in [1.82, 2.24) is 9.88 Å². The van der Waals surface area contributed by atoms with Gasteiger partial charge in [0.1, 0.15) is 5.75 Å². The molecule has 1 N–H and O–H groups in total. The lowest BCUT2D eigenvalue weighted by atomic mass is 10.2. The van der Waals surface area contributed by atoms with E-state index in [-0.39, 0.29) is 5.91 Å². The number of pyridine rings is 1. The van der Waals surface area contributed by atoms with E-state index < -0.39 is 0 Å². The molecule has 0 bridgehead atoms. The Hall–Kier alpha value is -2.76. The van der Waals surface area contributed by atoms with Crippen molar-refractivity contribution in [3.63, 3.8) is 0 Å². The zero-order chi connectivity index (χ0) is 18.5. The Kier molecular flexibility index (Phi) is 5.61. The van der Waals surface area contributed by atoms with Gasteiger partial charge in [0, 0.05) is 44.6 Å². The molecule has 1 saturated heterocycles. The number of aromatic nitrogens is 1. The molecule has 138 valence electrons. The van der Waals surface area contributed by atoms with Crippen LogP contribution in [0.2, 0.25) is 0 Å². The number of nitrogens with zero attached hydrogens (tertiary/aromatic N) is 3. The molecule has 0 radical (unpaired) electrons. The maximum atomic E-state index is 12.8.